The number of rotatable bonds is 2. The molecule has 0 bridgehead atoms. The van der Waals surface area contributed by atoms with Crippen molar-refractivity contribution in [2.45, 2.75) is 0 Å². The standard InChI is InChI=1S/C11H9FN2O4/c1-17-11(16)6-2-5(3-7(12)10(6)15)8-4-9(13)18-14-8/h2-4,15H,13H2,1H3. The normalized spacial score (nSPS) is 10.3. The number of nitrogens with two attached hydrogens (primary N) is 1. The van der Waals surface area contributed by atoms with Crippen LogP contribution in [0.15, 0.2) is 22.7 Å². The minimum absolute atomic E-state index is 0.0538. The van der Waals surface area contributed by atoms with E-state index in [1.807, 2.05) is 0 Å². The minimum Gasteiger partial charge on any atom is -0.504 e. The first-order chi connectivity index (χ1) is 8.52. The van der Waals surface area contributed by atoms with E-state index in [-0.39, 0.29) is 22.7 Å². The molecule has 3 N–H and O–H groups in total. The Morgan fingerprint density at radius 1 is 1.50 bits per heavy atom. The predicted octanol–water partition coefficient (Wildman–Crippen LogP) is 1.56. The van der Waals surface area contributed by atoms with Crippen molar-refractivity contribution in [3.05, 3.63) is 29.6 Å². The Hall–Kier alpha value is -2.57. The van der Waals surface area contributed by atoms with Gasteiger partial charge in [0, 0.05) is 11.6 Å². The number of hydrogen-bond acceptors (Lipinski definition) is 6. The average molecular weight is 252 g/mol. The second kappa shape index (κ2) is 4.36. The maximum atomic E-state index is 13.5. The topological polar surface area (TPSA) is 98.6 Å². The first-order valence-electron chi connectivity index (χ1n) is 4.86. The molecule has 0 atom stereocenters. The molecular weight excluding hydrogens is 243 g/mol. The summed E-state index contributed by atoms with van der Waals surface area (Å²) in [6.45, 7) is 0. The molecule has 7 heteroatoms. The van der Waals surface area contributed by atoms with E-state index in [4.69, 9.17) is 5.73 Å². The first-order valence-corrected chi connectivity index (χ1v) is 4.86. The van der Waals surface area contributed by atoms with Crippen LogP contribution in [0.25, 0.3) is 11.3 Å². The number of aromatic hydroxyl groups is 1. The molecule has 0 unspecified atom stereocenters. The Balaban J connectivity index is 2.57. The summed E-state index contributed by atoms with van der Waals surface area (Å²) in [6.07, 6.45) is 0. The highest BCUT2D eigenvalue weighted by molar-refractivity contribution is 5.94. The highest BCUT2D eigenvalue weighted by Crippen LogP contribution is 2.29. The number of ether oxygens (including phenoxy) is 1. The number of phenols is 1. The average Bonchev–Trinajstić information content (AvgIpc) is 2.78. The van der Waals surface area contributed by atoms with Gasteiger partial charge in [-0.25, -0.2) is 9.18 Å². The maximum absolute atomic E-state index is 13.5. The van der Waals surface area contributed by atoms with Gasteiger partial charge in [-0.05, 0) is 12.1 Å². The van der Waals surface area contributed by atoms with Crippen LogP contribution >= 0.6 is 0 Å². The third kappa shape index (κ3) is 1.97. The van der Waals surface area contributed by atoms with Gasteiger partial charge >= 0.3 is 5.97 Å². The van der Waals surface area contributed by atoms with Gasteiger partial charge in [0.05, 0.1) is 7.11 Å². The molecule has 0 aliphatic heterocycles. The van der Waals surface area contributed by atoms with Crippen LogP contribution in [0.1, 0.15) is 10.4 Å². The fraction of sp³-hybridized carbons (Fsp3) is 0.0909. The summed E-state index contributed by atoms with van der Waals surface area (Å²) in [6, 6.07) is 3.62. The molecule has 0 fully saturated rings. The number of nitrogens with zero attached hydrogens (tertiary/aromatic N) is 1. The molecule has 1 heterocycles. The number of benzene rings is 1. The lowest BCUT2D eigenvalue weighted by Gasteiger charge is -2.05. The number of carbonyl (C=O) groups excluding carboxylic acids is 1. The van der Waals surface area contributed by atoms with E-state index in [0.717, 1.165) is 13.2 Å². The first kappa shape index (κ1) is 11.9. The van der Waals surface area contributed by atoms with Crippen molar-refractivity contribution in [1.82, 2.24) is 5.16 Å². The second-order valence-electron chi connectivity index (χ2n) is 3.46. The summed E-state index contributed by atoms with van der Waals surface area (Å²) in [5.41, 5.74) is 5.54. The molecule has 0 amide bonds. The number of carbonyl (C=O) groups is 1. The summed E-state index contributed by atoms with van der Waals surface area (Å²) < 4.78 is 22.6. The van der Waals surface area contributed by atoms with Crippen LogP contribution in [0.5, 0.6) is 5.75 Å². The number of hydrogen-bond donors (Lipinski definition) is 2. The third-order valence-electron chi connectivity index (χ3n) is 2.29. The molecule has 0 radical (unpaired) electrons. The Morgan fingerprint density at radius 2 is 2.22 bits per heavy atom. The summed E-state index contributed by atoms with van der Waals surface area (Å²) in [7, 11) is 1.13. The second-order valence-corrected chi connectivity index (χ2v) is 3.46. The van der Waals surface area contributed by atoms with Gasteiger partial charge in [0.25, 0.3) is 0 Å². The van der Waals surface area contributed by atoms with Crippen molar-refractivity contribution in [2.75, 3.05) is 12.8 Å². The quantitative estimate of drug-likeness (QED) is 0.787. The van der Waals surface area contributed by atoms with Crippen molar-refractivity contribution in [3.8, 4) is 17.0 Å². The number of anilines is 1. The van der Waals surface area contributed by atoms with Crippen LogP contribution in [0.3, 0.4) is 0 Å². The Morgan fingerprint density at radius 3 is 2.78 bits per heavy atom. The van der Waals surface area contributed by atoms with E-state index in [1.165, 1.54) is 12.1 Å². The highest BCUT2D eigenvalue weighted by Gasteiger charge is 2.18. The number of aromatic nitrogens is 1. The minimum atomic E-state index is -0.963. The summed E-state index contributed by atoms with van der Waals surface area (Å²) in [5.74, 6) is -2.54. The lowest BCUT2D eigenvalue weighted by Crippen LogP contribution is -2.03. The van der Waals surface area contributed by atoms with Crippen LogP contribution in [0.4, 0.5) is 10.3 Å². The number of halogens is 1. The van der Waals surface area contributed by atoms with Crippen molar-refractivity contribution in [2.24, 2.45) is 0 Å². The van der Waals surface area contributed by atoms with Crippen LogP contribution < -0.4 is 5.73 Å². The molecule has 18 heavy (non-hydrogen) atoms. The zero-order valence-corrected chi connectivity index (χ0v) is 9.31. The Kier molecular flexibility index (Phi) is 2.88. The molecule has 0 saturated carbocycles. The molecule has 2 aromatic rings. The summed E-state index contributed by atoms with van der Waals surface area (Å²) in [4.78, 5) is 11.4. The maximum Gasteiger partial charge on any atom is 0.341 e. The van der Waals surface area contributed by atoms with Crippen molar-refractivity contribution in [3.63, 3.8) is 0 Å². The molecule has 94 valence electrons. The summed E-state index contributed by atoms with van der Waals surface area (Å²) in [5, 5.41) is 13.0. The van der Waals surface area contributed by atoms with Crippen LogP contribution in [-0.2, 0) is 4.74 Å². The Labute approximate surface area is 101 Å². The number of esters is 1. The van der Waals surface area contributed by atoms with Gasteiger partial charge in [-0.2, -0.15) is 0 Å². The third-order valence-corrected chi connectivity index (χ3v) is 2.29. The number of phenolic OH excluding ortho intramolecular Hbond substituents is 1. The molecule has 0 saturated heterocycles. The fourth-order valence-electron chi connectivity index (χ4n) is 1.44. The van der Waals surface area contributed by atoms with E-state index in [1.54, 1.807) is 0 Å². The van der Waals surface area contributed by atoms with E-state index >= 15 is 0 Å². The molecule has 1 aromatic heterocycles. The van der Waals surface area contributed by atoms with Gasteiger partial charge in [-0.1, -0.05) is 5.16 Å². The lowest BCUT2D eigenvalue weighted by molar-refractivity contribution is 0.0596. The van der Waals surface area contributed by atoms with Crippen LogP contribution in [-0.4, -0.2) is 23.3 Å². The largest absolute Gasteiger partial charge is 0.504 e. The summed E-state index contributed by atoms with van der Waals surface area (Å²) >= 11 is 0. The highest BCUT2D eigenvalue weighted by atomic mass is 19.1. The van der Waals surface area contributed by atoms with Crippen molar-refractivity contribution >= 4 is 11.9 Å². The van der Waals surface area contributed by atoms with E-state index < -0.39 is 17.5 Å². The van der Waals surface area contributed by atoms with Gasteiger partial charge in [0.2, 0.25) is 5.88 Å². The molecule has 1 aromatic carbocycles. The fourth-order valence-corrected chi connectivity index (χ4v) is 1.44. The van der Waals surface area contributed by atoms with Crippen molar-refractivity contribution in [1.29, 1.82) is 0 Å². The van der Waals surface area contributed by atoms with Crippen LogP contribution in [0.2, 0.25) is 0 Å². The zero-order valence-electron chi connectivity index (χ0n) is 9.31. The number of nitrogen functional groups attached to an aromatic ring is 1. The van der Waals surface area contributed by atoms with Gasteiger partial charge in [-0.15, -0.1) is 0 Å². The van der Waals surface area contributed by atoms with Gasteiger partial charge in [-0.3, -0.25) is 0 Å². The molecule has 0 aliphatic rings. The predicted molar refractivity (Wildman–Crippen MR) is 59.3 cm³/mol. The van der Waals surface area contributed by atoms with E-state index in [0.29, 0.717) is 0 Å². The molecule has 0 aliphatic carbocycles. The van der Waals surface area contributed by atoms with Gasteiger partial charge in [0.15, 0.2) is 11.6 Å². The van der Waals surface area contributed by atoms with Crippen molar-refractivity contribution < 1.29 is 23.6 Å². The number of methoxy groups -OCH3 is 1. The smallest absolute Gasteiger partial charge is 0.341 e. The molecule has 6 nitrogen and oxygen atoms in total. The molecule has 0 spiro atoms. The van der Waals surface area contributed by atoms with E-state index in [9.17, 15) is 14.3 Å². The van der Waals surface area contributed by atoms with E-state index in [2.05, 4.69) is 14.4 Å². The molecular formula is C11H9FN2O4. The van der Waals surface area contributed by atoms with Crippen LogP contribution in [0, 0.1) is 5.82 Å². The van der Waals surface area contributed by atoms with Gasteiger partial charge < -0.3 is 20.1 Å². The molecule has 2 rings (SSSR count). The monoisotopic (exact) mass is 252 g/mol. The van der Waals surface area contributed by atoms with Gasteiger partial charge in [0.1, 0.15) is 11.3 Å². The zero-order chi connectivity index (χ0) is 13.3. The Bertz CT molecular complexity index is 609. The SMILES string of the molecule is COC(=O)c1cc(-c2cc(N)on2)cc(F)c1O. The lowest BCUT2D eigenvalue weighted by atomic mass is 10.1.